The van der Waals surface area contributed by atoms with Gasteiger partial charge in [0.1, 0.15) is 12.7 Å². The number of nitrogens with zero attached hydrogens (tertiary/aromatic N) is 3. The van der Waals surface area contributed by atoms with Gasteiger partial charge < -0.3 is 10.6 Å². The molecule has 0 spiro atoms. The standard InChI is InChI=1S/C17H23N5OS/c1-17(7-4-8-24-17)11-20-16(23)19-9-14-5-2-3-6-15(14)10-22-13-18-12-21-22/h2-3,5-6,12-13H,4,7-11H2,1H3,(H2,19,20,23)/t17-/m1/s1. The highest BCUT2D eigenvalue weighted by molar-refractivity contribution is 8.00. The van der Waals surface area contributed by atoms with E-state index in [4.69, 9.17) is 0 Å². The van der Waals surface area contributed by atoms with Crippen molar-refractivity contribution in [3.63, 3.8) is 0 Å². The first-order chi connectivity index (χ1) is 11.6. The number of carbonyl (C=O) groups is 1. The van der Waals surface area contributed by atoms with Gasteiger partial charge in [0, 0.05) is 17.8 Å². The molecule has 1 aliphatic heterocycles. The quantitative estimate of drug-likeness (QED) is 0.843. The topological polar surface area (TPSA) is 71.8 Å². The minimum absolute atomic E-state index is 0.112. The van der Waals surface area contributed by atoms with Crippen molar-refractivity contribution >= 4 is 17.8 Å². The van der Waals surface area contributed by atoms with Gasteiger partial charge in [-0.1, -0.05) is 24.3 Å². The number of amides is 2. The Bertz CT molecular complexity index is 667. The zero-order valence-electron chi connectivity index (χ0n) is 13.9. The Morgan fingerprint density at radius 3 is 2.88 bits per heavy atom. The van der Waals surface area contributed by atoms with E-state index in [1.54, 1.807) is 11.0 Å². The molecule has 2 N–H and O–H groups in total. The van der Waals surface area contributed by atoms with Crippen molar-refractivity contribution in [3.05, 3.63) is 48.0 Å². The van der Waals surface area contributed by atoms with Crippen molar-refractivity contribution in [2.24, 2.45) is 0 Å². The highest BCUT2D eigenvalue weighted by Crippen LogP contribution is 2.36. The van der Waals surface area contributed by atoms with Crippen molar-refractivity contribution < 1.29 is 4.79 Å². The Balaban J connectivity index is 1.51. The number of carbonyl (C=O) groups excluding carboxylic acids is 1. The highest BCUT2D eigenvalue weighted by atomic mass is 32.2. The summed E-state index contributed by atoms with van der Waals surface area (Å²) in [5, 5.41) is 10.1. The lowest BCUT2D eigenvalue weighted by Crippen LogP contribution is -2.42. The van der Waals surface area contributed by atoms with E-state index in [9.17, 15) is 4.79 Å². The molecule has 1 atom stereocenters. The van der Waals surface area contributed by atoms with Gasteiger partial charge in [0.25, 0.3) is 0 Å². The number of aromatic nitrogens is 3. The fourth-order valence-electron chi connectivity index (χ4n) is 2.85. The molecule has 3 rings (SSSR count). The van der Waals surface area contributed by atoms with Gasteiger partial charge in [0.2, 0.25) is 0 Å². The molecule has 0 saturated carbocycles. The van der Waals surface area contributed by atoms with Gasteiger partial charge in [0.05, 0.1) is 6.54 Å². The molecule has 0 aliphatic carbocycles. The summed E-state index contributed by atoms with van der Waals surface area (Å²) < 4.78 is 1.96. The molecule has 1 saturated heterocycles. The maximum atomic E-state index is 12.1. The average Bonchev–Trinajstić information content (AvgIpc) is 3.24. The first-order valence-corrected chi connectivity index (χ1v) is 9.18. The fraction of sp³-hybridized carbons (Fsp3) is 0.471. The number of hydrogen-bond acceptors (Lipinski definition) is 4. The second kappa shape index (κ2) is 7.70. The first-order valence-electron chi connectivity index (χ1n) is 8.19. The summed E-state index contributed by atoms with van der Waals surface area (Å²) in [5.41, 5.74) is 2.21. The molecule has 1 aromatic heterocycles. The molecule has 0 unspecified atom stereocenters. The fourth-order valence-corrected chi connectivity index (χ4v) is 4.10. The summed E-state index contributed by atoms with van der Waals surface area (Å²) in [4.78, 5) is 16.0. The first kappa shape index (κ1) is 16.8. The van der Waals surface area contributed by atoms with Crippen LogP contribution in [0.4, 0.5) is 4.79 Å². The van der Waals surface area contributed by atoms with Crippen LogP contribution in [0.2, 0.25) is 0 Å². The predicted molar refractivity (Wildman–Crippen MR) is 95.9 cm³/mol. The van der Waals surface area contributed by atoms with Crippen molar-refractivity contribution in [2.45, 2.75) is 37.6 Å². The van der Waals surface area contributed by atoms with Gasteiger partial charge in [0.15, 0.2) is 0 Å². The molecular weight excluding hydrogens is 322 g/mol. The largest absolute Gasteiger partial charge is 0.337 e. The van der Waals surface area contributed by atoms with Gasteiger partial charge in [-0.05, 0) is 36.6 Å². The lowest BCUT2D eigenvalue weighted by Gasteiger charge is -2.23. The Morgan fingerprint density at radius 2 is 2.17 bits per heavy atom. The van der Waals surface area contributed by atoms with E-state index in [0.717, 1.165) is 11.1 Å². The molecule has 2 amide bonds. The number of benzene rings is 1. The second-order valence-corrected chi connectivity index (χ2v) is 7.98. The molecule has 7 heteroatoms. The van der Waals surface area contributed by atoms with Crippen molar-refractivity contribution in [3.8, 4) is 0 Å². The molecule has 0 radical (unpaired) electrons. The summed E-state index contributed by atoms with van der Waals surface area (Å²) in [6, 6.07) is 7.94. The number of hydrogen-bond donors (Lipinski definition) is 2. The van der Waals surface area contributed by atoms with Gasteiger partial charge >= 0.3 is 6.03 Å². The van der Waals surface area contributed by atoms with E-state index in [1.807, 2.05) is 36.0 Å². The maximum Gasteiger partial charge on any atom is 0.315 e. The molecule has 128 valence electrons. The average molecular weight is 345 g/mol. The van der Waals surface area contributed by atoms with Crippen LogP contribution in [0.5, 0.6) is 0 Å². The minimum Gasteiger partial charge on any atom is -0.337 e. The Morgan fingerprint density at radius 1 is 1.33 bits per heavy atom. The molecule has 1 fully saturated rings. The van der Waals surface area contributed by atoms with Crippen LogP contribution in [0.15, 0.2) is 36.9 Å². The van der Waals surface area contributed by atoms with E-state index < -0.39 is 0 Å². The van der Waals surface area contributed by atoms with Gasteiger partial charge in [-0.25, -0.2) is 14.5 Å². The zero-order valence-corrected chi connectivity index (χ0v) is 14.7. The van der Waals surface area contributed by atoms with E-state index in [0.29, 0.717) is 19.6 Å². The second-order valence-electron chi connectivity index (χ2n) is 6.30. The van der Waals surface area contributed by atoms with Crippen LogP contribution in [0.25, 0.3) is 0 Å². The monoisotopic (exact) mass is 345 g/mol. The molecule has 1 aliphatic rings. The van der Waals surface area contributed by atoms with Crippen LogP contribution in [0.1, 0.15) is 30.9 Å². The Hall–Kier alpha value is -2.02. The molecule has 0 bridgehead atoms. The van der Waals surface area contributed by atoms with Crippen LogP contribution >= 0.6 is 11.8 Å². The van der Waals surface area contributed by atoms with E-state index in [-0.39, 0.29) is 10.8 Å². The van der Waals surface area contributed by atoms with E-state index >= 15 is 0 Å². The molecular formula is C17H23N5OS. The number of thioether (sulfide) groups is 1. The maximum absolute atomic E-state index is 12.1. The SMILES string of the molecule is C[C@]1(CNC(=O)NCc2ccccc2Cn2cncn2)CCCS1. The smallest absolute Gasteiger partial charge is 0.315 e. The zero-order chi connectivity index (χ0) is 16.8. The molecule has 2 heterocycles. The Kier molecular flexibility index (Phi) is 5.40. The summed E-state index contributed by atoms with van der Waals surface area (Å²) in [7, 11) is 0. The molecule has 6 nitrogen and oxygen atoms in total. The van der Waals surface area contributed by atoms with Crippen LogP contribution in [-0.4, -0.2) is 37.8 Å². The minimum atomic E-state index is -0.112. The van der Waals surface area contributed by atoms with E-state index in [1.165, 1.54) is 24.9 Å². The van der Waals surface area contributed by atoms with Gasteiger partial charge in [-0.2, -0.15) is 16.9 Å². The molecule has 1 aromatic carbocycles. The van der Waals surface area contributed by atoms with Crippen molar-refractivity contribution in [1.82, 2.24) is 25.4 Å². The van der Waals surface area contributed by atoms with Crippen LogP contribution in [0.3, 0.4) is 0 Å². The number of rotatable bonds is 6. The molecule has 24 heavy (non-hydrogen) atoms. The molecule has 2 aromatic rings. The summed E-state index contributed by atoms with van der Waals surface area (Å²) in [6.45, 7) is 4.08. The summed E-state index contributed by atoms with van der Waals surface area (Å²) in [5.74, 6) is 1.19. The van der Waals surface area contributed by atoms with Crippen molar-refractivity contribution in [1.29, 1.82) is 0 Å². The van der Waals surface area contributed by atoms with Crippen LogP contribution < -0.4 is 10.6 Å². The third-order valence-electron chi connectivity index (χ3n) is 4.28. The van der Waals surface area contributed by atoms with Crippen molar-refractivity contribution in [2.75, 3.05) is 12.3 Å². The Labute approximate surface area is 146 Å². The predicted octanol–water partition coefficient (Wildman–Crippen LogP) is 2.41. The summed E-state index contributed by atoms with van der Waals surface area (Å²) in [6.07, 6.45) is 5.62. The highest BCUT2D eigenvalue weighted by Gasteiger charge is 2.29. The number of nitrogens with one attached hydrogen (secondary N) is 2. The van der Waals surface area contributed by atoms with Crippen LogP contribution in [-0.2, 0) is 13.1 Å². The van der Waals surface area contributed by atoms with Gasteiger partial charge in [-0.15, -0.1) is 0 Å². The number of urea groups is 1. The lowest BCUT2D eigenvalue weighted by molar-refractivity contribution is 0.239. The van der Waals surface area contributed by atoms with Gasteiger partial charge in [-0.3, -0.25) is 0 Å². The van der Waals surface area contributed by atoms with Crippen LogP contribution in [0, 0.1) is 0 Å². The van der Waals surface area contributed by atoms with E-state index in [2.05, 4.69) is 27.6 Å². The third-order valence-corrected chi connectivity index (χ3v) is 5.82. The third kappa shape index (κ3) is 4.50. The normalized spacial score (nSPS) is 20.0. The lowest BCUT2D eigenvalue weighted by atomic mass is 10.1. The summed E-state index contributed by atoms with van der Waals surface area (Å²) >= 11 is 1.95.